The fourth-order valence-electron chi connectivity index (χ4n) is 6.79. The quantitative estimate of drug-likeness (QED) is 0.202. The van der Waals surface area contributed by atoms with Gasteiger partial charge in [-0.15, -0.1) is 0 Å². The number of aromatic nitrogens is 5. The SMILES string of the molecule is CN1CCN(c2ccc3c(c2)n(C)c(=O)n3C)c2cnc(-c3ccc(C(=O)NCC#Cc4ccc5occ(C6CCC(=O)NC6=O)c5c4)nc3)nc21. The summed E-state index contributed by atoms with van der Waals surface area (Å²) in [6.07, 6.45) is 5.63. The zero-order chi connectivity index (χ0) is 36.1. The van der Waals surface area contributed by atoms with E-state index in [0.29, 0.717) is 29.0 Å². The summed E-state index contributed by atoms with van der Waals surface area (Å²) >= 11 is 0. The van der Waals surface area contributed by atoms with Gasteiger partial charge in [0.1, 0.15) is 17.0 Å². The highest BCUT2D eigenvalue weighted by atomic mass is 16.3. The van der Waals surface area contributed by atoms with E-state index in [1.54, 1.807) is 66.2 Å². The molecule has 3 amide bonds. The van der Waals surface area contributed by atoms with Crippen molar-refractivity contribution in [3.8, 4) is 23.2 Å². The maximum absolute atomic E-state index is 12.9. The Morgan fingerprint density at radius 2 is 1.83 bits per heavy atom. The zero-order valence-corrected chi connectivity index (χ0v) is 28.6. The number of anilines is 3. The molecular weight excluding hydrogens is 662 g/mol. The molecule has 260 valence electrons. The van der Waals surface area contributed by atoms with Gasteiger partial charge in [0.2, 0.25) is 11.8 Å². The molecule has 1 unspecified atom stereocenters. The summed E-state index contributed by atoms with van der Waals surface area (Å²) in [6, 6.07) is 14.8. The van der Waals surface area contributed by atoms with Gasteiger partial charge in [-0.1, -0.05) is 11.8 Å². The van der Waals surface area contributed by atoms with E-state index >= 15 is 0 Å². The fourth-order valence-corrected chi connectivity index (χ4v) is 6.79. The zero-order valence-electron chi connectivity index (χ0n) is 28.6. The molecule has 0 saturated carbocycles. The van der Waals surface area contributed by atoms with Gasteiger partial charge in [-0.05, 0) is 55.0 Å². The van der Waals surface area contributed by atoms with E-state index in [4.69, 9.17) is 9.40 Å². The number of nitrogens with zero attached hydrogens (tertiary/aromatic N) is 7. The number of likely N-dealkylation sites (N-methyl/N-ethyl adjacent to an activating group) is 1. The highest BCUT2D eigenvalue weighted by molar-refractivity contribution is 6.03. The highest BCUT2D eigenvalue weighted by Gasteiger charge is 2.30. The van der Waals surface area contributed by atoms with Crippen LogP contribution in [0.15, 0.2) is 76.4 Å². The predicted molar refractivity (Wildman–Crippen MR) is 194 cm³/mol. The van der Waals surface area contributed by atoms with Crippen molar-refractivity contribution in [2.75, 3.05) is 36.5 Å². The number of carbonyl (C=O) groups excluding carboxylic acids is 3. The van der Waals surface area contributed by atoms with E-state index in [2.05, 4.69) is 42.2 Å². The number of imidazole rings is 1. The Morgan fingerprint density at radius 1 is 0.981 bits per heavy atom. The molecule has 8 rings (SSSR count). The lowest BCUT2D eigenvalue weighted by Crippen LogP contribution is -2.39. The molecule has 2 N–H and O–H groups in total. The minimum Gasteiger partial charge on any atom is -0.464 e. The second-order valence-corrected chi connectivity index (χ2v) is 12.9. The first-order valence-electron chi connectivity index (χ1n) is 16.8. The van der Waals surface area contributed by atoms with E-state index in [1.165, 1.54) is 0 Å². The third-order valence-electron chi connectivity index (χ3n) is 9.67. The van der Waals surface area contributed by atoms with Gasteiger partial charge in [0.25, 0.3) is 5.91 Å². The second kappa shape index (κ2) is 12.9. The van der Waals surface area contributed by atoms with Crippen LogP contribution in [0.2, 0.25) is 0 Å². The third kappa shape index (κ3) is 5.71. The van der Waals surface area contributed by atoms with Crippen molar-refractivity contribution < 1.29 is 18.8 Å². The predicted octanol–water partition coefficient (Wildman–Crippen LogP) is 3.36. The van der Waals surface area contributed by atoms with Gasteiger partial charge in [-0.25, -0.2) is 14.8 Å². The van der Waals surface area contributed by atoms with Crippen LogP contribution >= 0.6 is 0 Å². The molecule has 0 radical (unpaired) electrons. The molecule has 52 heavy (non-hydrogen) atoms. The molecule has 2 aromatic carbocycles. The highest BCUT2D eigenvalue weighted by Crippen LogP contribution is 2.37. The minimum atomic E-state index is -0.466. The lowest BCUT2D eigenvalue weighted by atomic mass is 9.90. The van der Waals surface area contributed by atoms with Crippen LogP contribution in [-0.2, 0) is 23.7 Å². The molecule has 2 aliphatic heterocycles. The number of hydrogen-bond acceptors (Lipinski definition) is 10. The first kappa shape index (κ1) is 32.5. The Morgan fingerprint density at radius 3 is 2.63 bits per heavy atom. The Labute approximate surface area is 297 Å². The van der Waals surface area contributed by atoms with Crippen LogP contribution in [-0.4, -0.2) is 68.5 Å². The monoisotopic (exact) mass is 695 g/mol. The standard InChI is InChI=1S/C38H33N9O5/c1-44-15-16-47(24-8-11-29-30(18-24)46(3)38(51)45(29)2)31-20-41-34(43-35(31)44)23-7-10-28(40-19-23)37(50)39-14-4-5-22-6-12-32-26(17-22)27(21-52-32)25-9-13-33(48)42-36(25)49/h6-8,10-12,17-21,25H,9,13-16H2,1-3H3,(H,39,50)(H,42,48,49). The summed E-state index contributed by atoms with van der Waals surface area (Å²) in [5.74, 6) is 5.81. The molecule has 14 nitrogen and oxygen atoms in total. The van der Waals surface area contributed by atoms with Crippen molar-refractivity contribution in [3.63, 3.8) is 0 Å². The van der Waals surface area contributed by atoms with E-state index in [9.17, 15) is 19.2 Å². The van der Waals surface area contributed by atoms with Crippen LogP contribution in [0.3, 0.4) is 0 Å². The van der Waals surface area contributed by atoms with Crippen LogP contribution in [0, 0.1) is 11.8 Å². The fraction of sp³-hybridized carbons (Fsp3) is 0.237. The number of rotatable bonds is 5. The lowest BCUT2D eigenvalue weighted by Gasteiger charge is -2.35. The molecule has 0 bridgehead atoms. The lowest BCUT2D eigenvalue weighted by molar-refractivity contribution is -0.134. The van der Waals surface area contributed by atoms with Gasteiger partial charge >= 0.3 is 5.69 Å². The average molecular weight is 696 g/mol. The Bertz CT molecular complexity index is 2560. The number of carbonyl (C=O) groups is 3. The Hall–Kier alpha value is -6.75. The molecule has 2 aliphatic rings. The second-order valence-electron chi connectivity index (χ2n) is 12.9. The summed E-state index contributed by atoms with van der Waals surface area (Å²) in [4.78, 5) is 67.5. The van der Waals surface area contributed by atoms with Crippen LogP contribution in [0.25, 0.3) is 33.4 Å². The molecule has 6 heterocycles. The van der Waals surface area contributed by atoms with Gasteiger partial charge < -0.3 is 19.5 Å². The van der Waals surface area contributed by atoms with Crippen molar-refractivity contribution in [1.82, 2.24) is 34.7 Å². The summed E-state index contributed by atoms with van der Waals surface area (Å²) < 4.78 is 8.93. The van der Waals surface area contributed by atoms with E-state index < -0.39 is 5.92 Å². The van der Waals surface area contributed by atoms with Crippen LogP contribution in [0.4, 0.5) is 17.2 Å². The van der Waals surface area contributed by atoms with Crippen molar-refractivity contribution in [3.05, 3.63) is 94.5 Å². The largest absolute Gasteiger partial charge is 0.464 e. The topological polar surface area (TPSA) is 160 Å². The number of piperidine rings is 1. The molecule has 1 atom stereocenters. The molecule has 4 aromatic heterocycles. The molecule has 0 spiro atoms. The Balaban J connectivity index is 0.940. The van der Waals surface area contributed by atoms with Gasteiger partial charge in [0.15, 0.2) is 11.6 Å². The smallest absolute Gasteiger partial charge is 0.328 e. The first-order valence-corrected chi connectivity index (χ1v) is 16.8. The number of benzene rings is 2. The normalized spacial score (nSPS) is 15.7. The summed E-state index contributed by atoms with van der Waals surface area (Å²) in [5.41, 5.74) is 6.36. The third-order valence-corrected chi connectivity index (χ3v) is 9.67. The number of imide groups is 1. The summed E-state index contributed by atoms with van der Waals surface area (Å²) in [5, 5.41) is 5.93. The maximum Gasteiger partial charge on any atom is 0.328 e. The van der Waals surface area contributed by atoms with Gasteiger partial charge in [0.05, 0.1) is 36.0 Å². The average Bonchev–Trinajstić information content (AvgIpc) is 3.67. The maximum atomic E-state index is 12.9. The molecule has 1 fully saturated rings. The molecule has 0 aliphatic carbocycles. The number of aryl methyl sites for hydroxylation is 2. The van der Waals surface area contributed by atoms with Crippen LogP contribution in [0.5, 0.6) is 0 Å². The number of hydrogen-bond donors (Lipinski definition) is 2. The van der Waals surface area contributed by atoms with Crippen molar-refractivity contribution in [2.45, 2.75) is 18.8 Å². The molecule has 1 saturated heterocycles. The van der Waals surface area contributed by atoms with E-state index in [-0.39, 0.29) is 42.1 Å². The van der Waals surface area contributed by atoms with E-state index in [1.807, 2.05) is 31.3 Å². The number of nitrogens with one attached hydrogen (secondary N) is 2. The number of amides is 3. The van der Waals surface area contributed by atoms with Gasteiger partial charge in [-0.2, -0.15) is 0 Å². The van der Waals surface area contributed by atoms with Gasteiger partial charge in [0, 0.05) is 74.6 Å². The van der Waals surface area contributed by atoms with Crippen LogP contribution in [0.1, 0.15) is 40.4 Å². The summed E-state index contributed by atoms with van der Waals surface area (Å²) in [6.45, 7) is 1.55. The van der Waals surface area contributed by atoms with Crippen molar-refractivity contribution in [1.29, 1.82) is 0 Å². The number of furan rings is 1. The Kier molecular flexibility index (Phi) is 8.02. The number of pyridine rings is 1. The molecule has 14 heteroatoms. The van der Waals surface area contributed by atoms with Crippen molar-refractivity contribution >= 4 is 56.9 Å². The number of fused-ring (bicyclic) bond motifs is 3. The minimum absolute atomic E-state index is 0.0749. The van der Waals surface area contributed by atoms with Crippen LogP contribution < -0.4 is 26.1 Å². The van der Waals surface area contributed by atoms with Gasteiger partial charge in [-0.3, -0.25) is 33.8 Å². The summed E-state index contributed by atoms with van der Waals surface area (Å²) in [7, 11) is 5.53. The van der Waals surface area contributed by atoms with Crippen molar-refractivity contribution in [2.24, 2.45) is 14.1 Å². The molecule has 6 aromatic rings. The van der Waals surface area contributed by atoms with E-state index in [0.717, 1.165) is 52.3 Å². The first-order chi connectivity index (χ1) is 25.2. The molecular formula is C38H33N9O5.